The number of ketones is 1. The predicted octanol–water partition coefficient (Wildman–Crippen LogP) is 2.84. The first-order valence-corrected chi connectivity index (χ1v) is 10.3. The number of fused-ring (bicyclic) bond motifs is 1. The van der Waals surface area contributed by atoms with E-state index < -0.39 is 5.60 Å². The number of aliphatic hydroxyl groups excluding tert-OH is 1. The van der Waals surface area contributed by atoms with E-state index in [0.29, 0.717) is 30.6 Å². The van der Waals surface area contributed by atoms with Gasteiger partial charge < -0.3 is 14.9 Å². The van der Waals surface area contributed by atoms with Crippen molar-refractivity contribution in [2.45, 2.75) is 88.9 Å². The summed E-state index contributed by atoms with van der Waals surface area (Å²) in [5.74, 6) is 1.38. The van der Waals surface area contributed by atoms with Gasteiger partial charge in [-0.2, -0.15) is 0 Å². The van der Waals surface area contributed by atoms with Crippen LogP contribution in [-0.2, 0) is 9.53 Å². The molecule has 4 heteroatoms. The van der Waals surface area contributed by atoms with Crippen molar-refractivity contribution in [2.75, 3.05) is 6.61 Å². The summed E-state index contributed by atoms with van der Waals surface area (Å²) in [6.45, 7) is 4.75. The first-order valence-electron chi connectivity index (χ1n) is 10.3. The van der Waals surface area contributed by atoms with E-state index in [2.05, 4.69) is 6.92 Å². The van der Waals surface area contributed by atoms with Crippen molar-refractivity contribution >= 4 is 5.78 Å². The molecule has 8 atom stereocenters. The molecule has 5 aliphatic rings. The van der Waals surface area contributed by atoms with Gasteiger partial charge >= 0.3 is 0 Å². The smallest absolute Gasteiger partial charge is 0.133 e. The molecule has 1 saturated heterocycles. The van der Waals surface area contributed by atoms with Crippen LogP contribution in [0, 0.1) is 28.6 Å². The maximum absolute atomic E-state index is 12.3. The summed E-state index contributed by atoms with van der Waals surface area (Å²) in [5, 5.41) is 21.7. The number of hydrogen-bond donors (Lipinski definition) is 2. The summed E-state index contributed by atoms with van der Waals surface area (Å²) in [5.41, 5.74) is -0.995. The molecule has 0 aromatic rings. The average Bonchev–Trinajstić information content (AvgIpc) is 3.03. The Hall–Kier alpha value is -0.450. The number of carbonyl (C=O) groups excluding carboxylic acids is 1. The van der Waals surface area contributed by atoms with E-state index in [1.54, 1.807) is 6.92 Å². The van der Waals surface area contributed by atoms with E-state index in [1.807, 2.05) is 0 Å². The van der Waals surface area contributed by atoms with Crippen LogP contribution in [-0.4, -0.2) is 39.9 Å². The third-order valence-corrected chi connectivity index (χ3v) is 9.60. The molecule has 0 aromatic carbocycles. The second kappa shape index (κ2) is 4.88. The summed E-state index contributed by atoms with van der Waals surface area (Å²) in [4.78, 5) is 12.3. The zero-order valence-electron chi connectivity index (χ0n) is 15.6. The fourth-order valence-corrected chi connectivity index (χ4v) is 8.54. The van der Waals surface area contributed by atoms with E-state index >= 15 is 0 Å². The lowest BCUT2D eigenvalue weighted by atomic mass is 9.42. The van der Waals surface area contributed by atoms with Gasteiger partial charge in [0, 0.05) is 17.8 Å². The molecule has 2 bridgehead atoms. The van der Waals surface area contributed by atoms with Crippen molar-refractivity contribution in [1.82, 2.24) is 0 Å². The van der Waals surface area contributed by atoms with Crippen molar-refractivity contribution in [3.05, 3.63) is 0 Å². The number of rotatable bonds is 1. The molecule has 4 nitrogen and oxygen atoms in total. The number of aliphatic hydroxyl groups is 2. The van der Waals surface area contributed by atoms with Gasteiger partial charge in [-0.3, -0.25) is 4.79 Å². The Bertz CT molecular complexity index is 619. The largest absolute Gasteiger partial charge is 0.393 e. The highest BCUT2D eigenvalue weighted by Gasteiger charge is 2.76. The third kappa shape index (κ3) is 1.77. The van der Waals surface area contributed by atoms with Gasteiger partial charge in [-0.05, 0) is 75.5 Å². The zero-order valence-corrected chi connectivity index (χ0v) is 15.6. The molecule has 4 saturated carbocycles. The molecule has 140 valence electrons. The van der Waals surface area contributed by atoms with Crippen LogP contribution in [0.4, 0.5) is 0 Å². The Morgan fingerprint density at radius 3 is 2.60 bits per heavy atom. The Morgan fingerprint density at radius 1 is 1.04 bits per heavy atom. The molecule has 0 amide bonds. The summed E-state index contributed by atoms with van der Waals surface area (Å²) in [6, 6.07) is 0. The molecule has 0 unspecified atom stereocenters. The molecule has 5 rings (SSSR count). The molecule has 1 aliphatic heterocycles. The molecule has 2 N–H and O–H groups in total. The fraction of sp³-hybridized carbons (Fsp3) is 0.952. The van der Waals surface area contributed by atoms with E-state index in [1.165, 1.54) is 0 Å². The highest BCUT2D eigenvalue weighted by molar-refractivity contribution is 5.79. The van der Waals surface area contributed by atoms with Gasteiger partial charge in [0.05, 0.1) is 23.9 Å². The molecule has 5 fully saturated rings. The summed E-state index contributed by atoms with van der Waals surface area (Å²) in [7, 11) is 0. The molecule has 4 aliphatic carbocycles. The van der Waals surface area contributed by atoms with Crippen LogP contribution in [0.15, 0.2) is 0 Å². The minimum atomic E-state index is -0.762. The van der Waals surface area contributed by atoms with Gasteiger partial charge in [-0.1, -0.05) is 6.92 Å². The van der Waals surface area contributed by atoms with Gasteiger partial charge in [-0.15, -0.1) is 0 Å². The molecule has 1 heterocycles. The van der Waals surface area contributed by atoms with Crippen molar-refractivity contribution in [3.8, 4) is 0 Å². The highest BCUT2D eigenvalue weighted by atomic mass is 16.5. The minimum absolute atomic E-state index is 0.0670. The van der Waals surface area contributed by atoms with Crippen LogP contribution in [0.5, 0.6) is 0 Å². The quantitative estimate of drug-likeness (QED) is 0.765. The first-order chi connectivity index (χ1) is 11.8. The molecule has 1 spiro atoms. The van der Waals surface area contributed by atoms with E-state index in [-0.39, 0.29) is 28.5 Å². The maximum atomic E-state index is 12.3. The van der Waals surface area contributed by atoms with Crippen LogP contribution >= 0.6 is 0 Å². The minimum Gasteiger partial charge on any atom is -0.393 e. The first kappa shape index (κ1) is 16.7. The molecular weight excluding hydrogens is 316 g/mol. The lowest BCUT2D eigenvalue weighted by molar-refractivity contribution is -0.215. The van der Waals surface area contributed by atoms with Crippen LogP contribution in [0.25, 0.3) is 0 Å². The van der Waals surface area contributed by atoms with Crippen LogP contribution in [0.2, 0.25) is 0 Å². The Morgan fingerprint density at radius 2 is 1.84 bits per heavy atom. The average molecular weight is 348 g/mol. The van der Waals surface area contributed by atoms with Gasteiger partial charge in [0.2, 0.25) is 0 Å². The molecule has 0 aromatic heterocycles. The molecule has 25 heavy (non-hydrogen) atoms. The predicted molar refractivity (Wildman–Crippen MR) is 92.9 cm³/mol. The molecular formula is C21H32O4. The standard InChI is InChI=1S/C21H32O4/c1-13(22)15-3-4-16-18(15,2)7-6-17-19-8-5-14(23)11-20(19,24)9-10-21(16,17)25-12-19/h14-17,23-24H,3-12H2,1-2H3/t14-,15-,16-,17-,18-,19+,20+,21-/m0/s1. The molecule has 0 radical (unpaired) electrons. The van der Waals surface area contributed by atoms with Crippen LogP contribution < -0.4 is 0 Å². The van der Waals surface area contributed by atoms with Gasteiger partial charge in [0.25, 0.3) is 0 Å². The lowest BCUT2D eigenvalue weighted by Crippen LogP contribution is -2.66. The van der Waals surface area contributed by atoms with E-state index in [0.717, 1.165) is 51.4 Å². The normalized spacial score (nSPS) is 59.8. The van der Waals surface area contributed by atoms with Crippen molar-refractivity contribution < 1.29 is 19.7 Å². The topological polar surface area (TPSA) is 66.8 Å². The number of hydrogen-bond acceptors (Lipinski definition) is 4. The zero-order chi connectivity index (χ0) is 17.7. The third-order valence-electron chi connectivity index (χ3n) is 9.60. The number of ether oxygens (including phenoxy) is 1. The van der Waals surface area contributed by atoms with E-state index in [9.17, 15) is 15.0 Å². The van der Waals surface area contributed by atoms with Crippen molar-refractivity contribution in [3.63, 3.8) is 0 Å². The van der Waals surface area contributed by atoms with Gasteiger partial charge in [-0.25, -0.2) is 0 Å². The fourth-order valence-electron chi connectivity index (χ4n) is 8.54. The summed E-state index contributed by atoms with van der Waals surface area (Å²) >= 11 is 0. The lowest BCUT2D eigenvalue weighted by Gasteiger charge is -2.63. The van der Waals surface area contributed by atoms with Crippen LogP contribution in [0.1, 0.15) is 71.6 Å². The van der Waals surface area contributed by atoms with Crippen LogP contribution in [0.3, 0.4) is 0 Å². The van der Waals surface area contributed by atoms with Gasteiger partial charge in [0.1, 0.15) is 5.78 Å². The SMILES string of the molecule is CC(=O)[C@@H]1CC[C@H]2[C@@]1(C)CC[C@@H]1[C@]23CC[C@@]2(O)C[C@@H](O)CC[C@@]12CO3. The van der Waals surface area contributed by atoms with Gasteiger partial charge in [0.15, 0.2) is 0 Å². The highest BCUT2D eigenvalue weighted by Crippen LogP contribution is 2.74. The Kier molecular flexibility index (Phi) is 3.26. The monoisotopic (exact) mass is 348 g/mol. The number of carbonyl (C=O) groups is 1. The Balaban J connectivity index is 1.56. The number of Topliss-reactive ketones (excluding diaryl/α,β-unsaturated/α-hetero) is 1. The summed E-state index contributed by atoms with van der Waals surface area (Å²) < 4.78 is 6.68. The Labute approximate surface area is 150 Å². The van der Waals surface area contributed by atoms with E-state index in [4.69, 9.17) is 4.74 Å². The van der Waals surface area contributed by atoms with Crippen molar-refractivity contribution in [1.29, 1.82) is 0 Å². The van der Waals surface area contributed by atoms with Crippen molar-refractivity contribution in [2.24, 2.45) is 28.6 Å². The second-order valence-corrected chi connectivity index (χ2v) is 10.2. The second-order valence-electron chi connectivity index (χ2n) is 10.2. The summed E-state index contributed by atoms with van der Waals surface area (Å²) in [6.07, 6.45) is 7.71. The maximum Gasteiger partial charge on any atom is 0.133 e.